The van der Waals surface area contributed by atoms with E-state index in [2.05, 4.69) is 0 Å². The van der Waals surface area contributed by atoms with Crippen LogP contribution in [0.25, 0.3) is 0 Å². The number of aliphatic hydroxyl groups excluding tert-OH is 1. The van der Waals surface area contributed by atoms with Crippen molar-refractivity contribution < 1.29 is 17.9 Å². The molecule has 0 aliphatic heterocycles. The Labute approximate surface area is 112 Å². The molecule has 0 fully saturated rings. The van der Waals surface area contributed by atoms with E-state index in [1.807, 2.05) is 0 Å². The van der Waals surface area contributed by atoms with Crippen molar-refractivity contribution >= 4 is 10.0 Å². The van der Waals surface area contributed by atoms with Crippen LogP contribution in [-0.4, -0.2) is 37.0 Å². The number of hydrogen-bond donors (Lipinski definition) is 2. The topological polar surface area (TPSA) is 83.6 Å². The first-order valence-corrected chi connectivity index (χ1v) is 7.40. The summed E-state index contributed by atoms with van der Waals surface area (Å²) in [5.74, 6) is -0.642. The predicted molar refractivity (Wildman–Crippen MR) is 70.4 cm³/mol. The molecular weight excluding hydrogens is 271 g/mol. The predicted octanol–water partition coefficient (Wildman–Crippen LogP) is 0.676. The fraction of sp³-hybridized carbons (Fsp3) is 0.500. The molecule has 0 spiro atoms. The van der Waals surface area contributed by atoms with E-state index in [4.69, 9.17) is 10.8 Å². The first-order valence-electron chi connectivity index (χ1n) is 5.96. The van der Waals surface area contributed by atoms with E-state index in [-0.39, 0.29) is 36.2 Å². The summed E-state index contributed by atoms with van der Waals surface area (Å²) in [6.45, 7) is 2.83. The van der Waals surface area contributed by atoms with Gasteiger partial charge < -0.3 is 10.8 Å². The van der Waals surface area contributed by atoms with Gasteiger partial charge in [0.05, 0.1) is 11.5 Å². The molecule has 0 aliphatic carbocycles. The third-order valence-electron chi connectivity index (χ3n) is 2.76. The smallest absolute Gasteiger partial charge is 0.243 e. The molecule has 0 unspecified atom stereocenters. The Morgan fingerprint density at radius 3 is 2.53 bits per heavy atom. The summed E-state index contributed by atoms with van der Waals surface area (Å²) in [5, 5.41) is 8.97. The number of rotatable bonds is 6. The summed E-state index contributed by atoms with van der Waals surface area (Å²) >= 11 is 0. The quantitative estimate of drug-likeness (QED) is 0.807. The van der Waals surface area contributed by atoms with E-state index in [9.17, 15) is 12.8 Å². The normalized spacial score (nSPS) is 12.4. The summed E-state index contributed by atoms with van der Waals surface area (Å²) in [5.41, 5.74) is 5.39. The minimum atomic E-state index is -3.87. The summed E-state index contributed by atoms with van der Waals surface area (Å²) < 4.78 is 39.7. The average molecular weight is 290 g/mol. The van der Waals surface area contributed by atoms with Gasteiger partial charge in [0.25, 0.3) is 0 Å². The largest absolute Gasteiger partial charge is 0.395 e. The van der Waals surface area contributed by atoms with Crippen LogP contribution in [-0.2, 0) is 16.6 Å². The Bertz CT molecular complexity index is 532. The van der Waals surface area contributed by atoms with Crippen LogP contribution in [0.3, 0.4) is 0 Å². The molecule has 7 heteroatoms. The van der Waals surface area contributed by atoms with E-state index >= 15 is 0 Å². The standard InChI is InChI=1S/C12H19FN2O3S/c1-9(2)15(6-7-16)19(17,18)12-5-3-4-11(13)10(12)8-14/h3-5,9,16H,6-8,14H2,1-2H3. The molecule has 0 saturated carbocycles. The van der Waals surface area contributed by atoms with Gasteiger partial charge in [0, 0.05) is 24.7 Å². The molecule has 0 aliphatic rings. The highest BCUT2D eigenvalue weighted by Crippen LogP contribution is 2.23. The number of benzene rings is 1. The molecule has 1 rings (SSSR count). The molecule has 3 N–H and O–H groups in total. The molecule has 0 atom stereocenters. The average Bonchev–Trinajstić information content (AvgIpc) is 2.34. The van der Waals surface area contributed by atoms with Crippen molar-refractivity contribution in [3.8, 4) is 0 Å². The fourth-order valence-electron chi connectivity index (χ4n) is 1.86. The van der Waals surface area contributed by atoms with Crippen LogP contribution in [0.5, 0.6) is 0 Å². The summed E-state index contributed by atoms with van der Waals surface area (Å²) in [4.78, 5) is -0.142. The van der Waals surface area contributed by atoms with Crippen LogP contribution in [0.1, 0.15) is 19.4 Å². The van der Waals surface area contributed by atoms with E-state index < -0.39 is 15.8 Å². The Hall–Kier alpha value is -1.02. The molecule has 108 valence electrons. The van der Waals surface area contributed by atoms with Gasteiger partial charge in [0.15, 0.2) is 0 Å². The van der Waals surface area contributed by atoms with Crippen LogP contribution in [0.4, 0.5) is 4.39 Å². The third-order valence-corrected chi connectivity index (χ3v) is 4.92. The number of aliphatic hydroxyl groups is 1. The molecule has 0 saturated heterocycles. The molecule has 1 aromatic carbocycles. The second kappa shape index (κ2) is 6.42. The molecular formula is C12H19FN2O3S. The Balaban J connectivity index is 3.37. The van der Waals surface area contributed by atoms with Crippen LogP contribution in [0.15, 0.2) is 23.1 Å². The van der Waals surface area contributed by atoms with Gasteiger partial charge in [-0.1, -0.05) is 6.07 Å². The van der Waals surface area contributed by atoms with Gasteiger partial charge >= 0.3 is 0 Å². The maximum atomic E-state index is 13.6. The maximum absolute atomic E-state index is 13.6. The summed E-state index contributed by atoms with van der Waals surface area (Å²) in [6.07, 6.45) is 0. The van der Waals surface area contributed by atoms with Gasteiger partial charge in [-0.2, -0.15) is 4.31 Å². The van der Waals surface area contributed by atoms with Crippen molar-refractivity contribution in [2.45, 2.75) is 31.3 Å². The molecule has 0 heterocycles. The highest BCUT2D eigenvalue weighted by atomic mass is 32.2. The lowest BCUT2D eigenvalue weighted by Crippen LogP contribution is -2.39. The van der Waals surface area contributed by atoms with Gasteiger partial charge in [-0.05, 0) is 26.0 Å². The molecule has 0 bridgehead atoms. The van der Waals surface area contributed by atoms with Crippen LogP contribution < -0.4 is 5.73 Å². The number of halogens is 1. The van der Waals surface area contributed by atoms with Crippen LogP contribution in [0.2, 0.25) is 0 Å². The van der Waals surface area contributed by atoms with Gasteiger partial charge in [-0.25, -0.2) is 12.8 Å². The Kier molecular flexibility index (Phi) is 5.42. The van der Waals surface area contributed by atoms with Gasteiger partial charge in [-0.15, -0.1) is 0 Å². The third kappa shape index (κ3) is 3.30. The molecule has 1 aromatic rings. The lowest BCUT2D eigenvalue weighted by atomic mass is 10.2. The van der Waals surface area contributed by atoms with Crippen molar-refractivity contribution in [1.82, 2.24) is 4.31 Å². The minimum absolute atomic E-state index is 0.0360. The molecule has 5 nitrogen and oxygen atoms in total. The van der Waals surface area contributed by atoms with Crippen LogP contribution >= 0.6 is 0 Å². The first kappa shape index (κ1) is 16.0. The maximum Gasteiger partial charge on any atom is 0.243 e. The lowest BCUT2D eigenvalue weighted by Gasteiger charge is -2.26. The molecule has 0 radical (unpaired) electrons. The van der Waals surface area contributed by atoms with Crippen molar-refractivity contribution in [2.24, 2.45) is 5.73 Å². The second-order valence-electron chi connectivity index (χ2n) is 4.35. The van der Waals surface area contributed by atoms with Gasteiger partial charge in [0.2, 0.25) is 10.0 Å². The zero-order chi connectivity index (χ0) is 14.6. The summed E-state index contributed by atoms with van der Waals surface area (Å²) in [7, 11) is -3.87. The van der Waals surface area contributed by atoms with Gasteiger partial charge in [-0.3, -0.25) is 0 Å². The number of hydrogen-bond acceptors (Lipinski definition) is 4. The Morgan fingerprint density at radius 2 is 2.05 bits per heavy atom. The lowest BCUT2D eigenvalue weighted by molar-refractivity contribution is 0.236. The van der Waals surface area contributed by atoms with E-state index in [0.29, 0.717) is 0 Å². The first-order chi connectivity index (χ1) is 8.86. The number of nitrogens with zero attached hydrogens (tertiary/aromatic N) is 1. The monoisotopic (exact) mass is 290 g/mol. The van der Waals surface area contributed by atoms with E-state index in [1.165, 1.54) is 18.2 Å². The molecule has 0 amide bonds. The zero-order valence-electron chi connectivity index (χ0n) is 11.0. The second-order valence-corrected chi connectivity index (χ2v) is 6.21. The van der Waals surface area contributed by atoms with Crippen molar-refractivity contribution in [3.63, 3.8) is 0 Å². The highest BCUT2D eigenvalue weighted by molar-refractivity contribution is 7.89. The fourth-order valence-corrected chi connectivity index (χ4v) is 3.73. The number of nitrogens with two attached hydrogens (primary N) is 1. The van der Waals surface area contributed by atoms with E-state index in [0.717, 1.165) is 4.31 Å². The summed E-state index contributed by atoms with van der Waals surface area (Å²) in [6, 6.07) is 3.49. The Morgan fingerprint density at radius 1 is 1.42 bits per heavy atom. The van der Waals surface area contributed by atoms with Crippen molar-refractivity contribution in [3.05, 3.63) is 29.6 Å². The molecule has 19 heavy (non-hydrogen) atoms. The van der Waals surface area contributed by atoms with Crippen LogP contribution in [0, 0.1) is 5.82 Å². The van der Waals surface area contributed by atoms with Crippen molar-refractivity contribution in [2.75, 3.05) is 13.2 Å². The van der Waals surface area contributed by atoms with Crippen molar-refractivity contribution in [1.29, 1.82) is 0 Å². The molecule has 0 aromatic heterocycles. The number of sulfonamides is 1. The SMILES string of the molecule is CC(C)N(CCO)S(=O)(=O)c1cccc(F)c1CN. The highest BCUT2D eigenvalue weighted by Gasteiger charge is 2.29. The zero-order valence-corrected chi connectivity index (χ0v) is 11.8. The van der Waals surface area contributed by atoms with Gasteiger partial charge in [0.1, 0.15) is 5.82 Å². The minimum Gasteiger partial charge on any atom is -0.395 e. The van der Waals surface area contributed by atoms with E-state index in [1.54, 1.807) is 13.8 Å².